The maximum atomic E-state index is 8.74. The molecule has 0 radical (unpaired) electrons. The van der Waals surface area contributed by atoms with Crippen LogP contribution in [0.3, 0.4) is 0 Å². The van der Waals surface area contributed by atoms with E-state index in [1.165, 1.54) is 44.3 Å². The highest BCUT2D eigenvalue weighted by molar-refractivity contribution is 5.97. The summed E-state index contributed by atoms with van der Waals surface area (Å²) in [6.07, 6.45) is 5.22. The number of nitrogens with one attached hydrogen (secondary N) is 1. The quantitative estimate of drug-likeness (QED) is 0.340. The van der Waals surface area contributed by atoms with E-state index in [0.29, 0.717) is 6.04 Å². The van der Waals surface area contributed by atoms with Crippen LogP contribution >= 0.6 is 0 Å². The van der Waals surface area contributed by atoms with Gasteiger partial charge in [0.05, 0.1) is 0 Å². The van der Waals surface area contributed by atoms with E-state index in [1.807, 2.05) is 18.2 Å². The average Bonchev–Trinajstić information content (AvgIpc) is 3.00. The molecular formula is C16H24N4O. The normalized spacial score (nSPS) is 26.8. The topological polar surface area (TPSA) is 73.9 Å². The molecule has 0 saturated carbocycles. The number of hydrogen-bond acceptors (Lipinski definition) is 4. The number of amidine groups is 1. The lowest BCUT2D eigenvalue weighted by atomic mass is 9.97. The van der Waals surface area contributed by atoms with Crippen molar-refractivity contribution in [2.75, 3.05) is 13.1 Å². The van der Waals surface area contributed by atoms with Crippen molar-refractivity contribution in [1.82, 2.24) is 10.2 Å². The van der Waals surface area contributed by atoms with E-state index in [2.05, 4.69) is 21.4 Å². The van der Waals surface area contributed by atoms with Gasteiger partial charge in [-0.3, -0.25) is 0 Å². The summed E-state index contributed by atoms with van der Waals surface area (Å²) in [5.41, 5.74) is 7.57. The summed E-state index contributed by atoms with van der Waals surface area (Å²) in [5.74, 6) is 0.163. The third kappa shape index (κ3) is 3.36. The fourth-order valence-corrected chi connectivity index (χ4v) is 3.57. The van der Waals surface area contributed by atoms with Crippen LogP contribution in [0.1, 0.15) is 36.8 Å². The fourth-order valence-electron chi connectivity index (χ4n) is 3.57. The van der Waals surface area contributed by atoms with Crippen LogP contribution in [0, 0.1) is 0 Å². The standard InChI is InChI=1S/C16H24N4O/c17-16(19-21)13-4-1-3-12(9-13)11-18-14-6-8-20-7-2-5-15(20)10-14/h1,3-4,9,14-15,18,21H,2,5-8,10-11H2,(H2,17,19). The average molecular weight is 288 g/mol. The Balaban J connectivity index is 1.55. The van der Waals surface area contributed by atoms with Crippen molar-refractivity contribution >= 4 is 5.84 Å². The Hall–Kier alpha value is -1.59. The Kier molecular flexibility index (Phi) is 4.41. The molecule has 2 aliphatic rings. The van der Waals surface area contributed by atoms with Gasteiger partial charge in [0, 0.05) is 24.2 Å². The largest absolute Gasteiger partial charge is 0.409 e. The smallest absolute Gasteiger partial charge is 0.170 e. The van der Waals surface area contributed by atoms with Crippen LogP contribution in [0.2, 0.25) is 0 Å². The van der Waals surface area contributed by atoms with Crippen LogP contribution in [-0.2, 0) is 6.54 Å². The molecule has 2 saturated heterocycles. The Labute approximate surface area is 125 Å². The molecule has 0 aromatic heterocycles. The van der Waals surface area contributed by atoms with Crippen LogP contribution in [-0.4, -0.2) is 41.1 Å². The van der Waals surface area contributed by atoms with Crippen LogP contribution in [0.5, 0.6) is 0 Å². The number of nitrogens with zero attached hydrogens (tertiary/aromatic N) is 2. The summed E-state index contributed by atoms with van der Waals surface area (Å²) >= 11 is 0. The zero-order chi connectivity index (χ0) is 14.7. The first-order valence-corrected chi connectivity index (χ1v) is 7.80. The SMILES string of the molecule is N/C(=N/O)c1cccc(CNC2CCN3CCCC3C2)c1. The van der Waals surface area contributed by atoms with Crippen molar-refractivity contribution in [3.8, 4) is 0 Å². The van der Waals surface area contributed by atoms with E-state index >= 15 is 0 Å². The van der Waals surface area contributed by atoms with Gasteiger partial charge in [0.25, 0.3) is 0 Å². The Morgan fingerprint density at radius 3 is 3.14 bits per heavy atom. The maximum absolute atomic E-state index is 8.74. The Bertz CT molecular complexity index is 517. The van der Waals surface area contributed by atoms with E-state index in [1.54, 1.807) is 0 Å². The number of nitrogens with two attached hydrogens (primary N) is 1. The molecular weight excluding hydrogens is 264 g/mol. The monoisotopic (exact) mass is 288 g/mol. The maximum Gasteiger partial charge on any atom is 0.170 e. The molecule has 3 rings (SSSR count). The number of rotatable bonds is 4. The Morgan fingerprint density at radius 2 is 2.29 bits per heavy atom. The summed E-state index contributed by atoms with van der Waals surface area (Å²) in [5, 5.41) is 15.5. The summed E-state index contributed by atoms with van der Waals surface area (Å²) < 4.78 is 0. The van der Waals surface area contributed by atoms with Gasteiger partial charge in [0.1, 0.15) is 0 Å². The van der Waals surface area contributed by atoms with E-state index in [9.17, 15) is 0 Å². The highest BCUT2D eigenvalue weighted by Gasteiger charge is 2.31. The number of oxime groups is 1. The van der Waals surface area contributed by atoms with E-state index in [4.69, 9.17) is 10.9 Å². The number of piperidine rings is 1. The van der Waals surface area contributed by atoms with Gasteiger partial charge in [0.2, 0.25) is 0 Å². The molecule has 2 aliphatic heterocycles. The molecule has 1 aromatic carbocycles. The molecule has 0 bridgehead atoms. The first kappa shape index (κ1) is 14.4. The summed E-state index contributed by atoms with van der Waals surface area (Å²) in [6.45, 7) is 3.36. The number of benzene rings is 1. The molecule has 114 valence electrons. The molecule has 1 aromatic rings. The molecule has 2 unspecified atom stereocenters. The van der Waals surface area contributed by atoms with Crippen molar-refractivity contribution < 1.29 is 5.21 Å². The lowest BCUT2D eigenvalue weighted by Gasteiger charge is -2.35. The second-order valence-corrected chi connectivity index (χ2v) is 6.12. The van der Waals surface area contributed by atoms with Crippen molar-refractivity contribution in [1.29, 1.82) is 0 Å². The van der Waals surface area contributed by atoms with Gasteiger partial charge in [-0.15, -0.1) is 0 Å². The third-order valence-electron chi connectivity index (χ3n) is 4.75. The molecule has 0 spiro atoms. The predicted octanol–water partition coefficient (Wildman–Crippen LogP) is 1.50. The van der Waals surface area contributed by atoms with Gasteiger partial charge in [0.15, 0.2) is 5.84 Å². The minimum atomic E-state index is 0.163. The summed E-state index contributed by atoms with van der Waals surface area (Å²) in [6, 6.07) is 9.26. The zero-order valence-electron chi connectivity index (χ0n) is 12.3. The van der Waals surface area contributed by atoms with Crippen LogP contribution in [0.4, 0.5) is 0 Å². The number of hydrogen-bond donors (Lipinski definition) is 3. The molecule has 0 amide bonds. The van der Waals surface area contributed by atoms with Crippen LogP contribution in [0.25, 0.3) is 0 Å². The number of fused-ring (bicyclic) bond motifs is 1. The minimum Gasteiger partial charge on any atom is -0.409 e. The third-order valence-corrected chi connectivity index (χ3v) is 4.75. The first-order valence-electron chi connectivity index (χ1n) is 7.80. The van der Waals surface area contributed by atoms with E-state index in [-0.39, 0.29) is 5.84 Å². The zero-order valence-corrected chi connectivity index (χ0v) is 12.3. The Morgan fingerprint density at radius 1 is 1.38 bits per heavy atom. The predicted molar refractivity (Wildman–Crippen MR) is 83.4 cm³/mol. The van der Waals surface area contributed by atoms with Gasteiger partial charge >= 0.3 is 0 Å². The van der Waals surface area contributed by atoms with E-state index in [0.717, 1.165) is 18.2 Å². The molecule has 5 heteroatoms. The second kappa shape index (κ2) is 6.45. The first-order chi connectivity index (χ1) is 10.3. The highest BCUT2D eigenvalue weighted by Crippen LogP contribution is 2.26. The van der Waals surface area contributed by atoms with Gasteiger partial charge in [-0.05, 0) is 50.4 Å². The highest BCUT2D eigenvalue weighted by atomic mass is 16.4. The molecule has 5 nitrogen and oxygen atoms in total. The van der Waals surface area contributed by atoms with Crippen molar-refractivity contribution in [2.45, 2.75) is 44.3 Å². The van der Waals surface area contributed by atoms with Crippen LogP contribution < -0.4 is 11.1 Å². The van der Waals surface area contributed by atoms with Crippen molar-refractivity contribution in [2.24, 2.45) is 10.9 Å². The second-order valence-electron chi connectivity index (χ2n) is 6.12. The summed E-state index contributed by atoms with van der Waals surface area (Å²) in [7, 11) is 0. The van der Waals surface area contributed by atoms with Crippen LogP contribution in [0.15, 0.2) is 29.4 Å². The lowest BCUT2D eigenvalue weighted by Crippen LogP contribution is -2.45. The van der Waals surface area contributed by atoms with Crippen molar-refractivity contribution in [3.05, 3.63) is 35.4 Å². The molecule has 2 fully saturated rings. The molecule has 2 heterocycles. The fraction of sp³-hybridized carbons (Fsp3) is 0.562. The van der Waals surface area contributed by atoms with Gasteiger partial charge in [-0.25, -0.2) is 0 Å². The van der Waals surface area contributed by atoms with Crippen molar-refractivity contribution in [3.63, 3.8) is 0 Å². The molecule has 2 atom stereocenters. The van der Waals surface area contributed by atoms with Gasteiger partial charge in [-0.2, -0.15) is 0 Å². The molecule has 0 aliphatic carbocycles. The summed E-state index contributed by atoms with van der Waals surface area (Å²) in [4.78, 5) is 2.64. The lowest BCUT2D eigenvalue weighted by molar-refractivity contribution is 0.166. The van der Waals surface area contributed by atoms with E-state index < -0.39 is 0 Å². The molecule has 4 N–H and O–H groups in total. The molecule has 21 heavy (non-hydrogen) atoms. The van der Waals surface area contributed by atoms with Gasteiger partial charge in [-0.1, -0.05) is 23.4 Å². The minimum absolute atomic E-state index is 0.163. The van der Waals surface area contributed by atoms with Gasteiger partial charge < -0.3 is 21.2 Å².